The van der Waals surface area contributed by atoms with Crippen molar-refractivity contribution in [3.63, 3.8) is 0 Å². The summed E-state index contributed by atoms with van der Waals surface area (Å²) in [6.07, 6.45) is 0.969. The molecule has 0 radical (unpaired) electrons. The number of amides is 1. The van der Waals surface area contributed by atoms with Crippen LogP contribution in [0.25, 0.3) is 10.9 Å². The van der Waals surface area contributed by atoms with E-state index in [-0.39, 0.29) is 12.5 Å². The van der Waals surface area contributed by atoms with Crippen LogP contribution in [-0.2, 0) is 11.3 Å². The van der Waals surface area contributed by atoms with Gasteiger partial charge in [-0.2, -0.15) is 0 Å². The summed E-state index contributed by atoms with van der Waals surface area (Å²) in [7, 11) is 0. The molecule has 1 N–H and O–H groups in total. The number of aliphatic hydroxyl groups is 1. The lowest BCUT2D eigenvalue weighted by atomic mass is 10.1. The van der Waals surface area contributed by atoms with Crippen LogP contribution in [0, 0.1) is 0 Å². The van der Waals surface area contributed by atoms with Crippen molar-refractivity contribution in [3.8, 4) is 17.2 Å². The predicted octanol–water partition coefficient (Wildman–Crippen LogP) is 5.95. The zero-order valence-electron chi connectivity index (χ0n) is 24.4. The standard InChI is InChI=1S/C36H35N3O5/c40-30(26-43-31-11-5-2-6-12-31)25-39(24-27-8-3-1-4-9-27)29-10-7-13-32(23-29)44-35-16-17-37-34-22-28(14-15-33(34)35)36(41)38-18-20-42-21-19-38/h1-17,22-23,30,40H,18-21,24-26H2/t30-/m0/s1. The first-order valence-electron chi connectivity index (χ1n) is 14.8. The number of nitrogens with zero attached hydrogens (tertiary/aromatic N) is 3. The first-order chi connectivity index (χ1) is 21.6. The zero-order chi connectivity index (χ0) is 30.1. The number of fused-ring (bicyclic) bond motifs is 1. The van der Waals surface area contributed by atoms with Crippen LogP contribution in [0.15, 0.2) is 115 Å². The van der Waals surface area contributed by atoms with E-state index < -0.39 is 6.10 Å². The Labute approximate surface area is 257 Å². The number of anilines is 1. The molecule has 1 aliphatic heterocycles. The van der Waals surface area contributed by atoms with E-state index in [1.54, 1.807) is 6.20 Å². The molecule has 44 heavy (non-hydrogen) atoms. The van der Waals surface area contributed by atoms with Gasteiger partial charge in [-0.15, -0.1) is 0 Å². The van der Waals surface area contributed by atoms with Crippen molar-refractivity contribution >= 4 is 22.5 Å². The lowest BCUT2D eigenvalue weighted by Crippen LogP contribution is -2.40. The van der Waals surface area contributed by atoms with E-state index in [1.165, 1.54) is 0 Å². The highest BCUT2D eigenvalue weighted by Crippen LogP contribution is 2.32. The lowest BCUT2D eigenvalue weighted by molar-refractivity contribution is 0.0303. The van der Waals surface area contributed by atoms with E-state index in [4.69, 9.17) is 14.2 Å². The molecule has 0 bridgehead atoms. The maximum absolute atomic E-state index is 13.0. The number of para-hydroxylation sites is 1. The van der Waals surface area contributed by atoms with Crippen molar-refractivity contribution in [1.29, 1.82) is 0 Å². The second kappa shape index (κ2) is 14.0. The number of pyridine rings is 1. The van der Waals surface area contributed by atoms with Crippen LogP contribution < -0.4 is 14.4 Å². The van der Waals surface area contributed by atoms with Gasteiger partial charge in [-0.25, -0.2) is 0 Å². The molecule has 5 aromatic rings. The average Bonchev–Trinajstić information content (AvgIpc) is 3.08. The summed E-state index contributed by atoms with van der Waals surface area (Å²) in [5, 5.41) is 11.8. The van der Waals surface area contributed by atoms with Crippen LogP contribution in [0.3, 0.4) is 0 Å². The Morgan fingerprint density at radius 3 is 2.43 bits per heavy atom. The second-order valence-corrected chi connectivity index (χ2v) is 10.7. The third kappa shape index (κ3) is 7.34. The van der Waals surface area contributed by atoms with Crippen molar-refractivity contribution in [2.45, 2.75) is 12.6 Å². The van der Waals surface area contributed by atoms with Crippen LogP contribution in [0.5, 0.6) is 17.2 Å². The summed E-state index contributed by atoms with van der Waals surface area (Å²) in [4.78, 5) is 21.5. The summed E-state index contributed by atoms with van der Waals surface area (Å²) in [6, 6.07) is 34.8. The van der Waals surface area contributed by atoms with Crippen LogP contribution >= 0.6 is 0 Å². The number of hydrogen-bond acceptors (Lipinski definition) is 7. The first kappa shape index (κ1) is 29.2. The number of morpholine rings is 1. The number of aromatic nitrogens is 1. The van der Waals surface area contributed by atoms with Gasteiger partial charge in [-0.05, 0) is 54.1 Å². The van der Waals surface area contributed by atoms with Gasteiger partial charge in [0.25, 0.3) is 5.91 Å². The van der Waals surface area contributed by atoms with E-state index in [0.29, 0.717) is 62.0 Å². The van der Waals surface area contributed by atoms with Gasteiger partial charge in [0.2, 0.25) is 0 Å². The largest absolute Gasteiger partial charge is 0.491 e. The highest BCUT2D eigenvalue weighted by atomic mass is 16.5. The molecular weight excluding hydrogens is 554 g/mol. The second-order valence-electron chi connectivity index (χ2n) is 10.7. The smallest absolute Gasteiger partial charge is 0.254 e. The maximum atomic E-state index is 13.0. The normalized spacial score (nSPS) is 13.8. The van der Waals surface area contributed by atoms with E-state index in [2.05, 4.69) is 22.0 Å². The molecule has 0 saturated carbocycles. The van der Waals surface area contributed by atoms with E-state index in [9.17, 15) is 9.90 Å². The summed E-state index contributed by atoms with van der Waals surface area (Å²) in [5.74, 6) is 1.99. The Hall–Kier alpha value is -4.92. The van der Waals surface area contributed by atoms with Gasteiger partial charge in [-0.3, -0.25) is 9.78 Å². The highest BCUT2D eigenvalue weighted by molar-refractivity contribution is 5.99. The Bertz CT molecular complexity index is 1680. The van der Waals surface area contributed by atoms with Crippen molar-refractivity contribution in [2.75, 3.05) is 44.4 Å². The van der Waals surface area contributed by atoms with Crippen molar-refractivity contribution in [2.24, 2.45) is 0 Å². The van der Waals surface area contributed by atoms with Gasteiger partial charge in [0.1, 0.15) is 30.0 Å². The quantitative estimate of drug-likeness (QED) is 0.204. The van der Waals surface area contributed by atoms with E-state index in [1.807, 2.05) is 102 Å². The monoisotopic (exact) mass is 589 g/mol. The molecule has 0 unspecified atom stereocenters. The molecule has 1 saturated heterocycles. The fraction of sp³-hybridized carbons (Fsp3) is 0.222. The predicted molar refractivity (Wildman–Crippen MR) is 170 cm³/mol. The first-order valence-corrected chi connectivity index (χ1v) is 14.8. The van der Waals surface area contributed by atoms with Crippen LogP contribution in [0.2, 0.25) is 0 Å². The molecule has 8 nitrogen and oxygen atoms in total. The number of ether oxygens (including phenoxy) is 3. The molecule has 1 aromatic heterocycles. The Balaban J connectivity index is 1.20. The molecule has 4 aromatic carbocycles. The molecule has 0 spiro atoms. The highest BCUT2D eigenvalue weighted by Gasteiger charge is 2.20. The summed E-state index contributed by atoms with van der Waals surface area (Å²) in [5.41, 5.74) is 3.31. The van der Waals surface area contributed by atoms with Gasteiger partial charge < -0.3 is 29.1 Å². The van der Waals surface area contributed by atoms with Crippen molar-refractivity contribution in [3.05, 3.63) is 127 Å². The minimum Gasteiger partial charge on any atom is -0.491 e. The number of carbonyl (C=O) groups is 1. The SMILES string of the molecule is O=C(c1ccc2c(Oc3cccc(N(Cc4ccccc4)C[C@H](O)COc4ccccc4)c3)ccnc2c1)N1CCOCC1. The molecule has 1 amide bonds. The van der Waals surface area contributed by atoms with Crippen LogP contribution in [0.1, 0.15) is 15.9 Å². The summed E-state index contributed by atoms with van der Waals surface area (Å²) < 4.78 is 17.6. The van der Waals surface area contributed by atoms with Gasteiger partial charge in [0.15, 0.2) is 0 Å². The molecule has 224 valence electrons. The number of benzene rings is 4. The zero-order valence-corrected chi connectivity index (χ0v) is 24.4. The fourth-order valence-corrected chi connectivity index (χ4v) is 5.24. The summed E-state index contributed by atoms with van der Waals surface area (Å²) in [6.45, 7) is 3.42. The van der Waals surface area contributed by atoms with Gasteiger partial charge >= 0.3 is 0 Å². The fourth-order valence-electron chi connectivity index (χ4n) is 5.24. The minimum atomic E-state index is -0.720. The molecule has 1 aliphatic rings. The Morgan fingerprint density at radius 1 is 0.886 bits per heavy atom. The summed E-state index contributed by atoms with van der Waals surface area (Å²) >= 11 is 0. The Morgan fingerprint density at radius 2 is 1.64 bits per heavy atom. The van der Waals surface area contributed by atoms with E-state index in [0.717, 1.165) is 22.4 Å². The van der Waals surface area contributed by atoms with Crippen LogP contribution in [0.4, 0.5) is 5.69 Å². The van der Waals surface area contributed by atoms with Crippen molar-refractivity contribution < 1.29 is 24.1 Å². The molecule has 0 aliphatic carbocycles. The molecule has 1 atom stereocenters. The number of aliphatic hydroxyl groups excluding tert-OH is 1. The average molecular weight is 590 g/mol. The topological polar surface area (TPSA) is 84.4 Å². The number of carbonyl (C=O) groups excluding carboxylic acids is 1. The van der Waals surface area contributed by atoms with E-state index >= 15 is 0 Å². The number of rotatable bonds is 11. The number of hydrogen-bond donors (Lipinski definition) is 1. The molecule has 6 rings (SSSR count). The molecule has 8 heteroatoms. The van der Waals surface area contributed by atoms with Gasteiger partial charge in [-0.1, -0.05) is 54.6 Å². The third-order valence-electron chi connectivity index (χ3n) is 7.49. The molecular formula is C36H35N3O5. The molecule has 1 fully saturated rings. The van der Waals surface area contributed by atoms with Crippen molar-refractivity contribution in [1.82, 2.24) is 9.88 Å². The maximum Gasteiger partial charge on any atom is 0.254 e. The Kier molecular flexibility index (Phi) is 9.30. The lowest BCUT2D eigenvalue weighted by Gasteiger charge is -2.28. The molecule has 2 heterocycles. The van der Waals surface area contributed by atoms with Gasteiger partial charge in [0, 0.05) is 55.1 Å². The third-order valence-corrected chi connectivity index (χ3v) is 7.49. The van der Waals surface area contributed by atoms with Gasteiger partial charge in [0.05, 0.1) is 18.7 Å². The van der Waals surface area contributed by atoms with Crippen LogP contribution in [-0.4, -0.2) is 66.5 Å². The minimum absolute atomic E-state index is 0.0223.